The molecule has 2 unspecified atom stereocenters. The molecule has 9 aromatic rings. The van der Waals surface area contributed by atoms with Gasteiger partial charge < -0.3 is 56.3 Å². The molecule has 9 aromatic carbocycles. The van der Waals surface area contributed by atoms with Crippen LogP contribution < -0.4 is 56.3 Å². The van der Waals surface area contributed by atoms with Crippen molar-refractivity contribution in [2.24, 2.45) is 91.2 Å². The van der Waals surface area contributed by atoms with Crippen LogP contribution in [0.5, 0.6) is 5.75 Å². The Kier molecular flexibility index (Phi) is 35.9. The van der Waals surface area contributed by atoms with Crippen molar-refractivity contribution < 1.29 is 72.1 Å². The molecule has 0 bridgehead atoms. The first-order valence-corrected chi connectivity index (χ1v) is 60.9. The van der Waals surface area contributed by atoms with E-state index in [1.54, 1.807) is 60.7 Å². The van der Waals surface area contributed by atoms with Gasteiger partial charge in [0, 0.05) is 44.5 Å². The molecule has 18 N–H and O–H groups in total. The summed E-state index contributed by atoms with van der Waals surface area (Å²) in [5.74, 6) is 9.14. The maximum absolute atomic E-state index is 12.0. The van der Waals surface area contributed by atoms with Crippen molar-refractivity contribution >= 4 is 195 Å². The fraction of sp³-hybridized carbons (Fsp3) is 0.240. The highest BCUT2D eigenvalue weighted by Gasteiger charge is 2.33. The zero-order chi connectivity index (χ0) is 109. The van der Waals surface area contributed by atoms with E-state index < -0.39 is 89.6 Å². The zero-order valence-corrected chi connectivity index (χ0v) is 91.0. The highest BCUT2D eigenvalue weighted by atomic mass is 32.2. The summed E-state index contributed by atoms with van der Waals surface area (Å²) in [5.41, 5.74) is 79.9. The number of nitrogens with two attached hydrogens (primary N) is 9. The van der Waals surface area contributed by atoms with Crippen molar-refractivity contribution in [3.8, 4) is 5.75 Å². The van der Waals surface area contributed by atoms with Crippen LogP contribution in [0, 0.1) is 6.92 Å². The predicted molar refractivity (Wildman–Crippen MR) is 605 cm³/mol. The van der Waals surface area contributed by atoms with Gasteiger partial charge in [-0.3, -0.25) is 0 Å². The van der Waals surface area contributed by atoms with Gasteiger partial charge in [0.05, 0.1) is 83.9 Å². The van der Waals surface area contributed by atoms with Gasteiger partial charge in [-0.2, -0.15) is 8.80 Å². The third-order valence-electron chi connectivity index (χ3n) is 23.6. The van der Waals surface area contributed by atoms with Crippen LogP contribution in [0.25, 0.3) is 41.0 Å². The van der Waals surface area contributed by atoms with E-state index >= 15 is 0 Å². The molecule has 1 aliphatic carbocycles. The van der Waals surface area contributed by atoms with Gasteiger partial charge >= 0.3 is 0 Å². The number of hydrogen-bond acceptors (Lipinski definition) is 26. The van der Waals surface area contributed by atoms with Gasteiger partial charge in [-0.25, -0.2) is 67.3 Å². The number of hydrogen-bond donors (Lipinski definition) is 9. The smallest absolute Gasteiger partial charge is 0.259 e. The van der Waals surface area contributed by atoms with E-state index in [-0.39, 0.29) is 81.1 Å². The summed E-state index contributed by atoms with van der Waals surface area (Å²) >= 11 is 0. The van der Waals surface area contributed by atoms with Crippen LogP contribution in [-0.2, 0) is 148 Å². The minimum absolute atomic E-state index is 0.00583. The van der Waals surface area contributed by atoms with E-state index in [0.717, 1.165) is 154 Å². The first-order valence-electron chi connectivity index (χ1n) is 45.9. The molecule has 0 saturated heterocycles. The Labute approximate surface area is 867 Å². The third kappa shape index (κ3) is 28.6. The number of fused-ring (bicyclic) bond motifs is 9. The number of methoxy groups -OCH3 is 1. The first kappa shape index (κ1) is 114. The summed E-state index contributed by atoms with van der Waals surface area (Å²) in [4.78, 5) is 0. The minimum atomic E-state index is -3.47. The molecule has 44 heteroatoms. The average Bonchev–Trinajstić information content (AvgIpc) is 0.884. The van der Waals surface area contributed by atoms with Crippen LogP contribution >= 0.6 is 0 Å². The maximum Gasteiger partial charge on any atom is 0.259 e. The number of sulfonamides is 7. The highest BCUT2D eigenvalue weighted by Crippen LogP contribution is 2.38. The van der Waals surface area contributed by atoms with Crippen molar-refractivity contribution in [1.29, 1.82) is 0 Å². The minimum Gasteiger partial charge on any atom is -0.496 e. The van der Waals surface area contributed by atoms with Crippen LogP contribution in [0.3, 0.4) is 0 Å². The third-order valence-corrected chi connectivity index (χ3v) is 34.2. The Morgan fingerprint density at radius 1 is 0.372 bits per heavy atom. The van der Waals surface area contributed by atoms with E-state index in [9.17, 15) is 67.3 Å². The summed E-state index contributed by atoms with van der Waals surface area (Å²) in [6, 6.07) is 48.2. The van der Waals surface area contributed by atoms with Crippen LogP contribution in [-0.4, -0.2) is 139 Å². The second kappa shape index (κ2) is 46.5. The SMILES string of the molecule is C/C=C/c1cccc2c1C(N)=NS(=O)(=O)C2.C/C=C\c1cccc2c1C(N)=NS(=O)(=O)C2.C=C(C)c1cccc2c1C(N)=NS(=O)(=O)C2.C=Cc1cccc2c1C(N)=NS(=C)(=O)C2.C=S1(=O)Cc2cccc(C3=CCCC3)c2C(N)=N1.CC(C)=C(C)c1c(C)ccc2c1C(N)=NS(=O)(=O)C2.CC(C)=Cc1cccc2c1C(N)=NS(=O)(=O)C2.CCCc1cccc2c1C(N)=NS(=O)(=O)C2.COc1cccc2c1C(N)=NS(=O)(=O)C2. The molecule has 0 radical (unpaired) electrons. The topological polar surface area (TPSA) is 628 Å². The van der Waals surface area contributed by atoms with Crippen LogP contribution in [0.15, 0.2) is 240 Å². The van der Waals surface area contributed by atoms with E-state index in [1.807, 2.05) is 190 Å². The molecule has 0 spiro atoms. The van der Waals surface area contributed by atoms with E-state index in [2.05, 4.69) is 83.5 Å². The standard InChI is InChI=1S/C14H18N2O2S.C14H16N2OS.C12H14N2O2S.C11H12N2O2S.C11H14N2O2S.2C11H12N2O2S.C11H12N2OS.C9H10N2O3S/c1-8(2)10(4)12-9(3)5-6-11-7-19(17,18)16-14(15)13(11)12;1-18(17)9-11-7-4-8-12(10-5-2-3-6-10)13(11)14(15)16-18;1-8(2)6-9-4-3-5-10-7-17(15,16)14-12(13)11(9)10;1-7(2)9-5-3-4-8-6-16(14,15)13-11(12)10(8)9;3*1-2-4-8-5-3-6-9-7-16(14,15)13-11(12)10(8)9;1-3-8-5-4-6-9-7-15(2,14)13-11(12)10(8)9;1-14-7-4-2-3-6-5-15(12,13)11-9(10)8(6)7/h5-6H,7H2,1-4H3,(H2,15,16);4-5,7-8H,1-3,6,9H2,(H2,15,16,17);3-6H,7H2,1-2H3,(H2,13,14);3-5H,1,6H2,2H3,(H2,12,13);3,5-6H,2,4,7H2,1H3,(H2,12,13);2*2-6H,7H2,1H3,(H2,12,13);3-6H,1-2,7H2,(H2,12,13,14);2-4H,5H2,1H3,(H2,10,11)/b;;;;;4-2+;4-2-;;. The lowest BCUT2D eigenvalue weighted by atomic mass is 9.90. The van der Waals surface area contributed by atoms with Gasteiger partial charge in [-0.15, -0.1) is 30.8 Å². The van der Waals surface area contributed by atoms with E-state index in [1.165, 1.54) is 24.7 Å². The number of rotatable bonds is 10. The second-order valence-electron chi connectivity index (χ2n) is 35.9. The van der Waals surface area contributed by atoms with Gasteiger partial charge in [0.15, 0.2) is 0 Å². The molecule has 10 aliphatic rings. The molecule has 0 aromatic heterocycles. The molecule has 782 valence electrons. The van der Waals surface area contributed by atoms with Gasteiger partial charge in [-0.1, -0.05) is 237 Å². The molecule has 0 amide bonds. The number of allylic oxidation sites excluding steroid dienone is 8. The Balaban J connectivity index is 0.000000158. The Morgan fingerprint density at radius 3 is 1.09 bits per heavy atom. The summed E-state index contributed by atoms with van der Waals surface area (Å²) in [7, 11) is -27.5. The molecule has 9 aliphatic heterocycles. The van der Waals surface area contributed by atoms with Crippen LogP contribution in [0.2, 0.25) is 0 Å². The lowest BCUT2D eigenvalue weighted by molar-refractivity contribution is 0.413. The zero-order valence-electron chi connectivity index (χ0n) is 83.6. The normalized spacial score (nSPS) is 19.3. The maximum atomic E-state index is 12.0. The molecule has 35 nitrogen and oxygen atoms in total. The Morgan fingerprint density at radius 2 is 0.696 bits per heavy atom. The molecular formula is C104H120N18O17S9. The molecule has 0 fully saturated rings. The lowest BCUT2D eigenvalue weighted by Crippen LogP contribution is -2.25. The second-order valence-corrected chi connectivity index (χ2v) is 51.3. The van der Waals surface area contributed by atoms with Crippen LogP contribution in [0.1, 0.15) is 238 Å². The summed E-state index contributed by atoms with van der Waals surface area (Å²) in [5, 5.41) is 0. The Bertz CT molecular complexity index is 8430. The fourth-order valence-corrected chi connectivity index (χ4v) is 27.7. The molecule has 2 atom stereocenters. The van der Waals surface area contributed by atoms with Gasteiger partial charge in [0.2, 0.25) is 0 Å². The summed E-state index contributed by atoms with van der Waals surface area (Å²) < 4.78 is 222. The largest absolute Gasteiger partial charge is 0.496 e. The van der Waals surface area contributed by atoms with Crippen molar-refractivity contribution in [3.63, 3.8) is 0 Å². The molecule has 9 heterocycles. The monoisotopic (exact) mass is 2180 g/mol. The number of benzene rings is 9. The van der Waals surface area contributed by atoms with Gasteiger partial charge in [0.25, 0.3) is 70.2 Å². The number of nitrogens with zero attached hydrogens (tertiary/aromatic N) is 9. The quantitative estimate of drug-likeness (QED) is 0.0574. The summed E-state index contributed by atoms with van der Waals surface area (Å²) in [6.07, 6.45) is 18.8. The first-order chi connectivity index (χ1) is 69.3. The van der Waals surface area contributed by atoms with Gasteiger partial charge in [-0.05, 0) is 217 Å². The average molecular weight is 2180 g/mol. The highest BCUT2D eigenvalue weighted by molar-refractivity contribution is 7.99. The number of ether oxygens (including phenoxy) is 1. The van der Waals surface area contributed by atoms with E-state index in [4.69, 9.17) is 56.3 Å². The van der Waals surface area contributed by atoms with E-state index in [0.29, 0.717) is 67.9 Å². The lowest BCUT2D eigenvalue weighted by Gasteiger charge is -2.21. The molecule has 148 heavy (non-hydrogen) atoms. The Hall–Kier alpha value is -14.1. The predicted octanol–water partition coefficient (Wildman–Crippen LogP) is 12.5. The summed E-state index contributed by atoms with van der Waals surface area (Å²) in [6.45, 7) is 27.3. The fourth-order valence-electron chi connectivity index (χ4n) is 17.6. The van der Waals surface area contributed by atoms with Gasteiger partial charge in [0.1, 0.15) is 58.3 Å². The molecule has 0 saturated carbocycles. The number of aryl methyl sites for hydroxylation is 2. The van der Waals surface area contributed by atoms with Crippen LogP contribution in [0.4, 0.5) is 0 Å². The van der Waals surface area contributed by atoms with Crippen molar-refractivity contribution in [2.45, 2.75) is 153 Å². The molecular weight excluding hydrogens is 2060 g/mol. The number of amidine groups is 9. The molecule has 19 rings (SSSR count). The van der Waals surface area contributed by atoms with Crippen molar-refractivity contribution in [1.82, 2.24) is 0 Å². The van der Waals surface area contributed by atoms with Crippen molar-refractivity contribution in [3.05, 3.63) is 350 Å². The van der Waals surface area contributed by atoms with Crippen molar-refractivity contribution in [2.75, 3.05) is 7.11 Å².